The van der Waals surface area contributed by atoms with Crippen molar-refractivity contribution in [3.8, 4) is 5.75 Å². The normalized spacial score (nSPS) is 11.1. The molecule has 0 aromatic heterocycles. The Hall–Kier alpha value is -0.282. The zero-order chi connectivity index (χ0) is 8.32. The molecule has 0 bridgehead atoms. The molecule has 0 radical (unpaired) electrons. The molecule has 1 rings (SSSR count). The third-order valence-electron chi connectivity index (χ3n) is 0.968. The van der Waals surface area contributed by atoms with E-state index in [-0.39, 0.29) is 0 Å². The molecule has 0 saturated heterocycles. The minimum atomic E-state index is -4.12. The van der Waals surface area contributed by atoms with Crippen LogP contribution in [0, 0.1) is 0 Å². The Morgan fingerprint density at radius 3 is 2.18 bits per heavy atom. The Kier molecular flexibility index (Phi) is 2.73. The monoisotopic (exact) mass is 234 g/mol. The molecule has 0 spiro atoms. The van der Waals surface area contributed by atoms with Crippen molar-refractivity contribution in [3.63, 3.8) is 0 Å². The van der Waals surface area contributed by atoms with Gasteiger partial charge >= 0.3 is 71.3 Å². The summed E-state index contributed by atoms with van der Waals surface area (Å²) in [6.07, 6.45) is 0. The molecule has 1 aromatic carbocycles. The van der Waals surface area contributed by atoms with Crippen LogP contribution in [-0.2, 0) is 0 Å². The first-order valence-corrected chi connectivity index (χ1v) is 7.99. The Bertz CT molecular complexity index is 268. The van der Waals surface area contributed by atoms with Crippen molar-refractivity contribution in [2.24, 2.45) is 0 Å². The van der Waals surface area contributed by atoms with Gasteiger partial charge in [0.15, 0.2) is 0 Å². The van der Waals surface area contributed by atoms with Gasteiger partial charge in [0, 0.05) is 0 Å². The van der Waals surface area contributed by atoms with Gasteiger partial charge in [-0.3, -0.25) is 0 Å². The van der Waals surface area contributed by atoms with Gasteiger partial charge in [0.05, 0.1) is 0 Å². The van der Waals surface area contributed by atoms with Crippen LogP contribution in [0.1, 0.15) is 0 Å². The van der Waals surface area contributed by atoms with E-state index in [1.54, 1.807) is 30.3 Å². The van der Waals surface area contributed by atoms with Crippen LogP contribution in [0.3, 0.4) is 0 Å². The summed E-state index contributed by atoms with van der Waals surface area (Å²) in [5, 5.41) is 0. The Balaban J connectivity index is 2.74. The average Bonchev–Trinajstić information content (AvgIpc) is 1.85. The van der Waals surface area contributed by atoms with Crippen molar-refractivity contribution in [1.82, 2.24) is 0 Å². The fourth-order valence-electron chi connectivity index (χ4n) is 0.619. The quantitative estimate of drug-likeness (QED) is 0.739. The number of benzene rings is 1. The molecule has 0 aliphatic carbocycles. The van der Waals surface area contributed by atoms with Crippen molar-refractivity contribution in [2.45, 2.75) is 0 Å². The zero-order valence-electron chi connectivity index (χ0n) is 5.54. The van der Waals surface area contributed by atoms with Crippen molar-refractivity contribution in [3.05, 3.63) is 30.3 Å². The molecule has 0 fully saturated rings. The number of para-hydroxylation sites is 1. The third kappa shape index (κ3) is 3.58. The van der Waals surface area contributed by atoms with Crippen LogP contribution in [0.4, 0.5) is 0 Å². The predicted molar refractivity (Wildman–Crippen MR) is 44.9 cm³/mol. The Labute approximate surface area is 71.5 Å². The summed E-state index contributed by atoms with van der Waals surface area (Å²) in [5.74, 6) is 0.403. The molecule has 0 unspecified atom stereocenters. The molecular weight excluding hydrogens is 227 g/mol. The summed E-state index contributed by atoms with van der Waals surface area (Å²) in [5.41, 5.74) is 0. The molecule has 0 saturated carbocycles. The number of rotatable bonds is 2. The van der Waals surface area contributed by atoms with Crippen LogP contribution in [-0.4, -0.2) is 21.1 Å². The molecular formula is C6H7AsO3S. The second-order valence-corrected chi connectivity index (χ2v) is 6.81. The first kappa shape index (κ1) is 8.81. The molecule has 60 valence electrons. The predicted octanol–water partition coefficient (Wildman–Crippen LogP) is 0.683. The molecule has 2 N–H and O–H groups in total. The molecule has 0 heterocycles. The summed E-state index contributed by atoms with van der Waals surface area (Å²) in [6.45, 7) is 0. The van der Waals surface area contributed by atoms with Gasteiger partial charge in [-0.15, -0.1) is 0 Å². The van der Waals surface area contributed by atoms with Crippen LogP contribution < -0.4 is 3.73 Å². The summed E-state index contributed by atoms with van der Waals surface area (Å²) in [6, 6.07) is 8.51. The van der Waals surface area contributed by atoms with Gasteiger partial charge in [0.1, 0.15) is 0 Å². The zero-order valence-corrected chi connectivity index (χ0v) is 8.24. The van der Waals surface area contributed by atoms with Gasteiger partial charge in [-0.05, 0) is 0 Å². The Morgan fingerprint density at radius 2 is 1.73 bits per heavy atom. The molecule has 0 amide bonds. The van der Waals surface area contributed by atoms with Crippen molar-refractivity contribution in [1.29, 1.82) is 0 Å². The summed E-state index contributed by atoms with van der Waals surface area (Å²) < 4.78 is 22.3. The van der Waals surface area contributed by atoms with Gasteiger partial charge < -0.3 is 0 Å². The van der Waals surface area contributed by atoms with E-state index in [9.17, 15) is 0 Å². The van der Waals surface area contributed by atoms with Crippen LogP contribution in [0.5, 0.6) is 5.75 Å². The summed E-state index contributed by atoms with van der Waals surface area (Å²) in [7, 11) is 4.33. The van der Waals surface area contributed by atoms with Crippen LogP contribution in [0.2, 0.25) is 0 Å². The van der Waals surface area contributed by atoms with E-state index in [4.69, 9.17) is 11.9 Å². The molecule has 5 heteroatoms. The standard InChI is InChI=1S/C6H7AsO3S/c8-7(9,11)10-6-4-2-1-3-5-6/h1-5H,(H2,8,9,11). The van der Waals surface area contributed by atoms with Gasteiger partial charge in [-0.25, -0.2) is 0 Å². The summed E-state index contributed by atoms with van der Waals surface area (Å²) in [4.78, 5) is 0. The third-order valence-corrected chi connectivity index (χ3v) is 2.30. The van der Waals surface area contributed by atoms with E-state index in [1.807, 2.05) is 0 Å². The summed E-state index contributed by atoms with van der Waals surface area (Å²) >= 11 is -4.12. The maximum atomic E-state index is 8.79. The van der Waals surface area contributed by atoms with E-state index in [1.165, 1.54) is 0 Å². The molecule has 3 nitrogen and oxygen atoms in total. The molecule has 0 aliphatic heterocycles. The van der Waals surface area contributed by atoms with Crippen molar-refractivity contribution >= 4 is 23.3 Å². The van der Waals surface area contributed by atoms with Gasteiger partial charge in [0.2, 0.25) is 0 Å². The van der Waals surface area contributed by atoms with E-state index in [0.717, 1.165) is 0 Å². The maximum absolute atomic E-state index is 8.79. The average molecular weight is 234 g/mol. The van der Waals surface area contributed by atoms with Gasteiger partial charge in [-0.1, -0.05) is 0 Å². The molecule has 0 atom stereocenters. The number of hydrogen-bond donors (Lipinski definition) is 2. The number of hydrogen-bond acceptors (Lipinski definition) is 2. The molecule has 1 aromatic rings. The van der Waals surface area contributed by atoms with E-state index >= 15 is 0 Å². The van der Waals surface area contributed by atoms with Gasteiger partial charge in [-0.2, -0.15) is 0 Å². The second-order valence-electron chi connectivity index (χ2n) is 1.89. The molecule has 0 aliphatic rings. The minimum absolute atomic E-state index is 0.403. The van der Waals surface area contributed by atoms with Crippen molar-refractivity contribution < 1.29 is 11.9 Å². The topological polar surface area (TPSA) is 49.7 Å². The molecule has 11 heavy (non-hydrogen) atoms. The fraction of sp³-hybridized carbons (Fsp3) is 0. The van der Waals surface area contributed by atoms with Crippen LogP contribution >= 0.6 is 10.4 Å². The fourth-order valence-corrected chi connectivity index (χ4v) is 1.90. The first-order chi connectivity index (χ1) is 5.08. The van der Waals surface area contributed by atoms with E-state index in [0.29, 0.717) is 5.75 Å². The second kappa shape index (κ2) is 3.41. The van der Waals surface area contributed by atoms with Crippen molar-refractivity contribution in [2.75, 3.05) is 0 Å². The van der Waals surface area contributed by atoms with E-state index < -0.39 is 12.9 Å². The van der Waals surface area contributed by atoms with Crippen LogP contribution in [0.15, 0.2) is 30.3 Å². The SMILES string of the molecule is O[As](O)(=S)Oc1ccccc1. The van der Waals surface area contributed by atoms with Gasteiger partial charge in [0.25, 0.3) is 0 Å². The van der Waals surface area contributed by atoms with Crippen LogP contribution in [0.25, 0.3) is 0 Å². The Morgan fingerprint density at radius 1 is 1.18 bits per heavy atom. The first-order valence-electron chi connectivity index (χ1n) is 2.88. The van der Waals surface area contributed by atoms with E-state index in [2.05, 4.69) is 10.4 Å².